The van der Waals surface area contributed by atoms with E-state index in [1.54, 1.807) is 36.4 Å². The Kier molecular flexibility index (Phi) is 3.53. The molecular weight excluding hydrogens is 287 g/mol. The number of halogens is 1. The van der Waals surface area contributed by atoms with Crippen LogP contribution in [-0.4, -0.2) is 20.7 Å². The summed E-state index contributed by atoms with van der Waals surface area (Å²) in [5.74, 6) is -1.46. The number of carbonyl (C=O) groups is 1. The quantitative estimate of drug-likeness (QED) is 0.775. The van der Waals surface area contributed by atoms with Crippen LogP contribution in [-0.2, 0) is 0 Å². The fourth-order valence-electron chi connectivity index (χ4n) is 1.92. The maximum atomic E-state index is 13.5. The van der Waals surface area contributed by atoms with Gasteiger partial charge in [0.1, 0.15) is 5.82 Å². The van der Waals surface area contributed by atoms with Gasteiger partial charge < -0.3 is 5.32 Å². The number of aromatic nitrogens is 3. The van der Waals surface area contributed by atoms with Crippen LogP contribution in [0.4, 0.5) is 10.1 Å². The summed E-state index contributed by atoms with van der Waals surface area (Å²) in [4.78, 5) is 26.2. The molecule has 2 N–H and O–H groups in total. The molecule has 22 heavy (non-hydrogen) atoms. The lowest BCUT2D eigenvalue weighted by Crippen LogP contribution is -2.16. The van der Waals surface area contributed by atoms with Gasteiger partial charge in [-0.15, -0.1) is 5.10 Å². The van der Waals surface area contributed by atoms with Crippen LogP contribution in [0.2, 0.25) is 0 Å². The van der Waals surface area contributed by atoms with Crippen molar-refractivity contribution in [3.05, 3.63) is 76.7 Å². The van der Waals surface area contributed by atoms with Crippen LogP contribution in [0, 0.1) is 5.82 Å². The minimum Gasteiger partial charge on any atom is -0.317 e. The maximum Gasteiger partial charge on any atom is 0.348 e. The van der Waals surface area contributed by atoms with Crippen molar-refractivity contribution in [3.8, 4) is 5.69 Å². The topological polar surface area (TPSA) is 79.8 Å². The summed E-state index contributed by atoms with van der Waals surface area (Å²) in [7, 11) is 0. The lowest BCUT2D eigenvalue weighted by Gasteiger charge is -2.03. The molecule has 0 aliphatic heterocycles. The zero-order valence-electron chi connectivity index (χ0n) is 11.3. The monoisotopic (exact) mass is 298 g/mol. The molecule has 1 aromatic heterocycles. The molecule has 1 heterocycles. The fourth-order valence-corrected chi connectivity index (χ4v) is 1.92. The van der Waals surface area contributed by atoms with Gasteiger partial charge in [0, 0.05) is 0 Å². The average molecular weight is 298 g/mol. The number of hydrogen-bond acceptors (Lipinski definition) is 3. The molecule has 7 heteroatoms. The van der Waals surface area contributed by atoms with E-state index in [1.807, 2.05) is 0 Å². The predicted octanol–water partition coefficient (Wildman–Crippen LogP) is 1.95. The molecule has 3 aromatic rings. The lowest BCUT2D eigenvalue weighted by atomic mass is 10.3. The van der Waals surface area contributed by atoms with Crippen LogP contribution in [0.3, 0.4) is 0 Å². The van der Waals surface area contributed by atoms with E-state index in [9.17, 15) is 14.0 Å². The number of aromatic amines is 1. The second-order valence-corrected chi connectivity index (χ2v) is 4.46. The SMILES string of the molecule is O=C(Nc1ccccc1F)c1nn(-c2ccccc2)c(=O)[nH]1. The molecule has 0 bridgehead atoms. The van der Waals surface area contributed by atoms with E-state index >= 15 is 0 Å². The van der Waals surface area contributed by atoms with E-state index in [2.05, 4.69) is 15.4 Å². The third-order valence-corrected chi connectivity index (χ3v) is 2.96. The van der Waals surface area contributed by atoms with Gasteiger partial charge >= 0.3 is 5.69 Å². The van der Waals surface area contributed by atoms with Crippen molar-refractivity contribution >= 4 is 11.6 Å². The third-order valence-electron chi connectivity index (χ3n) is 2.96. The Morgan fingerprint density at radius 1 is 1.09 bits per heavy atom. The molecule has 0 aliphatic rings. The summed E-state index contributed by atoms with van der Waals surface area (Å²) >= 11 is 0. The molecule has 110 valence electrons. The first-order valence-electron chi connectivity index (χ1n) is 6.46. The number of amides is 1. The number of para-hydroxylation sites is 2. The smallest absolute Gasteiger partial charge is 0.317 e. The highest BCUT2D eigenvalue weighted by Gasteiger charge is 2.15. The molecule has 0 aliphatic carbocycles. The largest absolute Gasteiger partial charge is 0.348 e. The van der Waals surface area contributed by atoms with Gasteiger partial charge in [-0.25, -0.2) is 9.18 Å². The van der Waals surface area contributed by atoms with Crippen LogP contribution >= 0.6 is 0 Å². The van der Waals surface area contributed by atoms with E-state index in [4.69, 9.17) is 0 Å². The van der Waals surface area contributed by atoms with Gasteiger partial charge in [0.2, 0.25) is 5.82 Å². The molecule has 6 nitrogen and oxygen atoms in total. The molecule has 0 unspecified atom stereocenters. The Balaban J connectivity index is 1.89. The normalized spacial score (nSPS) is 10.4. The Bertz CT molecular complexity index is 871. The van der Waals surface area contributed by atoms with Crippen molar-refractivity contribution < 1.29 is 9.18 Å². The first kappa shape index (κ1) is 13.7. The zero-order chi connectivity index (χ0) is 15.5. The number of benzene rings is 2. The van der Waals surface area contributed by atoms with Crippen molar-refractivity contribution in [1.82, 2.24) is 14.8 Å². The van der Waals surface area contributed by atoms with Gasteiger partial charge in [0.25, 0.3) is 5.91 Å². The number of H-pyrrole nitrogens is 1. The number of carbonyl (C=O) groups excluding carboxylic acids is 1. The van der Waals surface area contributed by atoms with Crippen LogP contribution in [0.25, 0.3) is 5.69 Å². The second kappa shape index (κ2) is 5.65. The number of nitrogens with zero attached hydrogens (tertiary/aromatic N) is 2. The van der Waals surface area contributed by atoms with Gasteiger partial charge in [-0.1, -0.05) is 30.3 Å². The summed E-state index contributed by atoms with van der Waals surface area (Å²) < 4.78 is 14.6. The molecule has 0 fully saturated rings. The van der Waals surface area contributed by atoms with E-state index in [-0.39, 0.29) is 11.5 Å². The summed E-state index contributed by atoms with van der Waals surface area (Å²) in [6.45, 7) is 0. The lowest BCUT2D eigenvalue weighted by molar-refractivity contribution is 0.101. The van der Waals surface area contributed by atoms with E-state index in [1.165, 1.54) is 18.2 Å². The van der Waals surface area contributed by atoms with Gasteiger partial charge in [-0.3, -0.25) is 9.78 Å². The summed E-state index contributed by atoms with van der Waals surface area (Å²) in [6, 6.07) is 14.4. The van der Waals surface area contributed by atoms with Gasteiger partial charge in [0.05, 0.1) is 11.4 Å². The first-order valence-corrected chi connectivity index (χ1v) is 6.46. The van der Waals surface area contributed by atoms with Gasteiger partial charge in [-0.05, 0) is 24.3 Å². The highest BCUT2D eigenvalue weighted by molar-refractivity contribution is 6.01. The van der Waals surface area contributed by atoms with Gasteiger partial charge in [-0.2, -0.15) is 4.68 Å². The van der Waals surface area contributed by atoms with E-state index in [0.29, 0.717) is 5.69 Å². The summed E-state index contributed by atoms with van der Waals surface area (Å²) in [5, 5.41) is 6.28. The number of anilines is 1. The Morgan fingerprint density at radius 3 is 2.50 bits per heavy atom. The van der Waals surface area contributed by atoms with E-state index in [0.717, 1.165) is 4.68 Å². The molecule has 0 saturated carbocycles. The molecular formula is C15H11FN4O2. The summed E-state index contributed by atoms with van der Waals surface area (Å²) in [6.07, 6.45) is 0. The highest BCUT2D eigenvalue weighted by atomic mass is 19.1. The van der Waals surface area contributed by atoms with Crippen LogP contribution in [0.5, 0.6) is 0 Å². The standard InChI is InChI=1S/C15H11FN4O2/c16-11-8-4-5-9-12(11)17-14(21)13-18-15(22)20(19-13)10-6-2-1-3-7-10/h1-9H,(H,17,21)(H,18,19,22). The molecule has 0 atom stereocenters. The Morgan fingerprint density at radius 2 is 1.77 bits per heavy atom. The molecule has 0 spiro atoms. The molecule has 3 rings (SSSR count). The zero-order valence-corrected chi connectivity index (χ0v) is 11.3. The van der Waals surface area contributed by atoms with Crippen molar-refractivity contribution in [2.45, 2.75) is 0 Å². The molecule has 0 saturated heterocycles. The minimum absolute atomic E-state index is 0.0163. The van der Waals surface area contributed by atoms with Crippen LogP contribution in [0.1, 0.15) is 10.6 Å². The fraction of sp³-hybridized carbons (Fsp3) is 0. The van der Waals surface area contributed by atoms with Crippen molar-refractivity contribution in [3.63, 3.8) is 0 Å². The third kappa shape index (κ3) is 2.64. The number of rotatable bonds is 3. The average Bonchev–Trinajstić information content (AvgIpc) is 2.92. The summed E-state index contributed by atoms with van der Waals surface area (Å²) in [5.41, 5.74) is -0.0128. The molecule has 0 radical (unpaired) electrons. The van der Waals surface area contributed by atoms with Crippen LogP contribution in [0.15, 0.2) is 59.4 Å². The minimum atomic E-state index is -0.697. The maximum absolute atomic E-state index is 13.5. The van der Waals surface area contributed by atoms with Crippen LogP contribution < -0.4 is 11.0 Å². The Hall–Kier alpha value is -3.22. The second-order valence-electron chi connectivity index (χ2n) is 4.46. The van der Waals surface area contributed by atoms with Crippen molar-refractivity contribution in [2.75, 3.05) is 5.32 Å². The first-order chi connectivity index (χ1) is 10.6. The Labute approximate surface area is 124 Å². The number of nitrogens with one attached hydrogen (secondary N) is 2. The molecule has 1 amide bonds. The van der Waals surface area contributed by atoms with Crippen molar-refractivity contribution in [1.29, 1.82) is 0 Å². The highest BCUT2D eigenvalue weighted by Crippen LogP contribution is 2.13. The van der Waals surface area contributed by atoms with Crippen molar-refractivity contribution in [2.24, 2.45) is 0 Å². The van der Waals surface area contributed by atoms with E-state index < -0.39 is 17.4 Å². The predicted molar refractivity (Wildman–Crippen MR) is 78.5 cm³/mol. The number of hydrogen-bond donors (Lipinski definition) is 2. The molecule has 2 aromatic carbocycles. The van der Waals surface area contributed by atoms with Gasteiger partial charge in [0.15, 0.2) is 0 Å².